The van der Waals surface area contributed by atoms with Gasteiger partial charge in [-0.15, -0.1) is 0 Å². The molecule has 0 unspecified atom stereocenters. The van der Waals surface area contributed by atoms with Crippen LogP contribution in [0, 0.1) is 0 Å². The first-order chi connectivity index (χ1) is 7.21. The molecule has 0 radical (unpaired) electrons. The molecule has 16 heavy (non-hydrogen) atoms. The van der Waals surface area contributed by atoms with Gasteiger partial charge in [0.25, 0.3) is 10.1 Å². The highest BCUT2D eigenvalue weighted by Gasteiger charge is 2.22. The van der Waals surface area contributed by atoms with Gasteiger partial charge < -0.3 is 9.79 Å². The van der Waals surface area contributed by atoms with E-state index < -0.39 is 24.1 Å². The fourth-order valence-electron chi connectivity index (χ4n) is 0.829. The zero-order valence-corrected chi connectivity index (χ0v) is 11.1. The van der Waals surface area contributed by atoms with Crippen LogP contribution in [0.15, 0.2) is 33.6 Å². The van der Waals surface area contributed by atoms with Crippen molar-refractivity contribution in [3.8, 4) is 0 Å². The zero-order valence-electron chi connectivity index (χ0n) is 7.78. The molecule has 0 heterocycles. The molecule has 0 aliphatic rings. The lowest BCUT2D eigenvalue weighted by Gasteiger charge is -2.06. The van der Waals surface area contributed by atoms with Crippen LogP contribution >= 0.6 is 23.5 Å². The van der Waals surface area contributed by atoms with Crippen LogP contribution in [0.2, 0.25) is 0 Å². The van der Waals surface area contributed by atoms with Crippen molar-refractivity contribution < 1.29 is 27.0 Å². The minimum Gasteiger partial charge on any atom is -0.323 e. The largest absolute Gasteiger partial charge is 0.352 e. The molecule has 0 amide bonds. The van der Waals surface area contributed by atoms with E-state index in [1.807, 2.05) is 0 Å². The molecule has 9 heteroatoms. The van der Waals surface area contributed by atoms with Crippen LogP contribution in [-0.2, 0) is 18.9 Å². The summed E-state index contributed by atoms with van der Waals surface area (Å²) in [5, 5.41) is 0. The third-order valence-electron chi connectivity index (χ3n) is 1.46. The summed E-state index contributed by atoms with van der Waals surface area (Å²) in [5.74, 6) is 0. The summed E-state index contributed by atoms with van der Waals surface area (Å²) < 4.78 is 38.1. The molecule has 6 nitrogen and oxygen atoms in total. The Hall–Kier alpha value is -0.240. The number of benzene rings is 1. The molecule has 1 aromatic rings. The highest BCUT2D eigenvalue weighted by atomic mass is 79.9. The molecule has 2 N–H and O–H groups in total. The Labute approximate surface area is 101 Å². The lowest BCUT2D eigenvalue weighted by Crippen LogP contribution is -2.07. The van der Waals surface area contributed by atoms with Crippen molar-refractivity contribution in [2.75, 3.05) is 6.35 Å². The Bertz CT molecular complexity index is 521. The van der Waals surface area contributed by atoms with Gasteiger partial charge >= 0.3 is 7.60 Å². The maximum atomic E-state index is 11.4. The van der Waals surface area contributed by atoms with Crippen molar-refractivity contribution in [1.29, 1.82) is 0 Å². The average Bonchev–Trinajstić information content (AvgIpc) is 2.14. The fourth-order valence-corrected chi connectivity index (χ4v) is 3.14. The third-order valence-corrected chi connectivity index (χ3v) is 3.85. The maximum Gasteiger partial charge on any atom is 0.352 e. The summed E-state index contributed by atoms with van der Waals surface area (Å²) in [6.07, 6.45) is -1.16. The summed E-state index contributed by atoms with van der Waals surface area (Å²) >= 11 is 3.07. The third kappa shape index (κ3) is 4.32. The Kier molecular flexibility index (Phi) is 4.28. The second-order valence-electron chi connectivity index (χ2n) is 2.82. The van der Waals surface area contributed by atoms with Gasteiger partial charge in [-0.1, -0.05) is 22.0 Å². The van der Waals surface area contributed by atoms with Crippen molar-refractivity contribution in [2.45, 2.75) is 4.90 Å². The summed E-state index contributed by atoms with van der Waals surface area (Å²) in [7, 11) is -8.65. The Balaban J connectivity index is 2.91. The van der Waals surface area contributed by atoms with Crippen molar-refractivity contribution in [1.82, 2.24) is 0 Å². The molecule has 0 aromatic heterocycles. The van der Waals surface area contributed by atoms with Crippen LogP contribution in [0.4, 0.5) is 0 Å². The Morgan fingerprint density at radius 3 is 2.50 bits per heavy atom. The lowest BCUT2D eigenvalue weighted by molar-refractivity contribution is 0.301. The second-order valence-corrected chi connectivity index (χ2v) is 6.94. The van der Waals surface area contributed by atoms with Gasteiger partial charge in [0.05, 0.1) is 4.90 Å². The van der Waals surface area contributed by atoms with Gasteiger partial charge in [-0.25, -0.2) is 0 Å². The van der Waals surface area contributed by atoms with E-state index in [1.54, 1.807) is 6.07 Å². The van der Waals surface area contributed by atoms with E-state index in [0.717, 1.165) is 0 Å². The van der Waals surface area contributed by atoms with Crippen LogP contribution < -0.4 is 0 Å². The van der Waals surface area contributed by atoms with Gasteiger partial charge in [0.15, 0.2) is 6.35 Å². The predicted molar refractivity (Wildman–Crippen MR) is 59.3 cm³/mol. The number of hydrogen-bond acceptors (Lipinski definition) is 4. The van der Waals surface area contributed by atoms with Gasteiger partial charge in [0, 0.05) is 4.47 Å². The molecule has 1 rings (SSSR count). The molecular formula is C7H8BrO6PS. The second kappa shape index (κ2) is 4.95. The van der Waals surface area contributed by atoms with E-state index in [1.165, 1.54) is 18.2 Å². The monoisotopic (exact) mass is 330 g/mol. The van der Waals surface area contributed by atoms with E-state index in [4.69, 9.17) is 9.79 Å². The quantitative estimate of drug-likeness (QED) is 0.637. The van der Waals surface area contributed by atoms with Gasteiger partial charge in [0.1, 0.15) is 0 Å². The molecule has 0 bridgehead atoms. The summed E-state index contributed by atoms with van der Waals surface area (Å²) in [4.78, 5) is 16.8. The van der Waals surface area contributed by atoms with E-state index in [2.05, 4.69) is 20.1 Å². The smallest absolute Gasteiger partial charge is 0.323 e. The SMILES string of the molecule is O=P(O)(O)COS(=O)(=O)c1cccc(Br)c1. The van der Waals surface area contributed by atoms with Crippen molar-refractivity contribution in [3.63, 3.8) is 0 Å². The van der Waals surface area contributed by atoms with Crippen LogP contribution in [0.5, 0.6) is 0 Å². The number of halogens is 1. The standard InChI is InChI=1S/C7H8BrO6PS/c8-6-2-1-3-7(4-6)16(12,13)14-5-15(9,10)11/h1-4H,5H2,(H2,9,10,11). The highest BCUT2D eigenvalue weighted by molar-refractivity contribution is 9.10. The molecule has 0 saturated carbocycles. The van der Waals surface area contributed by atoms with Crippen LogP contribution in [0.25, 0.3) is 0 Å². The molecular weight excluding hydrogens is 323 g/mol. The predicted octanol–water partition coefficient (Wildman–Crippen LogP) is 1.29. The molecule has 0 saturated heterocycles. The maximum absolute atomic E-state index is 11.4. The van der Waals surface area contributed by atoms with E-state index in [-0.39, 0.29) is 4.90 Å². The summed E-state index contributed by atoms with van der Waals surface area (Å²) in [5.41, 5.74) is 0. The zero-order chi connectivity index (χ0) is 12.4. The first-order valence-corrected chi connectivity index (χ1v) is 7.90. The topological polar surface area (TPSA) is 101 Å². The molecule has 1 aromatic carbocycles. The lowest BCUT2D eigenvalue weighted by atomic mass is 10.4. The van der Waals surface area contributed by atoms with Crippen molar-refractivity contribution >= 4 is 33.6 Å². The molecule has 0 fully saturated rings. The van der Waals surface area contributed by atoms with Crippen LogP contribution in [-0.4, -0.2) is 24.6 Å². The summed E-state index contributed by atoms with van der Waals surface area (Å²) in [6.45, 7) is 0. The normalized spacial score (nSPS) is 12.7. The van der Waals surface area contributed by atoms with Crippen LogP contribution in [0.3, 0.4) is 0 Å². The Morgan fingerprint density at radius 1 is 1.38 bits per heavy atom. The van der Waals surface area contributed by atoms with E-state index in [9.17, 15) is 13.0 Å². The molecule has 90 valence electrons. The van der Waals surface area contributed by atoms with E-state index in [0.29, 0.717) is 4.47 Å². The van der Waals surface area contributed by atoms with Crippen molar-refractivity contribution in [2.24, 2.45) is 0 Å². The fraction of sp³-hybridized carbons (Fsp3) is 0.143. The van der Waals surface area contributed by atoms with Gasteiger partial charge in [0.2, 0.25) is 0 Å². The van der Waals surface area contributed by atoms with Crippen molar-refractivity contribution in [3.05, 3.63) is 28.7 Å². The first kappa shape index (κ1) is 13.8. The molecule has 0 aliphatic heterocycles. The van der Waals surface area contributed by atoms with Gasteiger partial charge in [-0.3, -0.25) is 8.75 Å². The molecule has 0 aliphatic carbocycles. The van der Waals surface area contributed by atoms with Gasteiger partial charge in [-0.2, -0.15) is 8.42 Å². The van der Waals surface area contributed by atoms with Gasteiger partial charge in [-0.05, 0) is 18.2 Å². The number of rotatable bonds is 4. The Morgan fingerprint density at radius 2 is 2.00 bits per heavy atom. The van der Waals surface area contributed by atoms with E-state index >= 15 is 0 Å². The summed E-state index contributed by atoms with van der Waals surface area (Å²) in [6, 6.07) is 5.62. The molecule has 0 atom stereocenters. The first-order valence-electron chi connectivity index (χ1n) is 3.90. The average molecular weight is 331 g/mol. The highest BCUT2D eigenvalue weighted by Crippen LogP contribution is 2.35. The van der Waals surface area contributed by atoms with Crippen LogP contribution in [0.1, 0.15) is 0 Å². The number of hydrogen-bond donors (Lipinski definition) is 2. The minimum atomic E-state index is -4.51. The minimum absolute atomic E-state index is 0.171. The molecule has 0 spiro atoms.